The summed E-state index contributed by atoms with van der Waals surface area (Å²) < 4.78 is 44.8. The van der Waals surface area contributed by atoms with Crippen LogP contribution in [0, 0.1) is 11.3 Å². The Hall–Kier alpha value is -3.87. The van der Waals surface area contributed by atoms with E-state index in [4.69, 9.17) is 19.5 Å². The summed E-state index contributed by atoms with van der Waals surface area (Å²) in [6.07, 6.45) is 1.27. The molecule has 0 aliphatic rings. The van der Waals surface area contributed by atoms with Gasteiger partial charge in [-0.2, -0.15) is 19.1 Å². The Kier molecular flexibility index (Phi) is 7.73. The first-order chi connectivity index (χ1) is 14.0. The summed E-state index contributed by atoms with van der Waals surface area (Å²) >= 11 is 0. The van der Waals surface area contributed by atoms with Gasteiger partial charge in [0.2, 0.25) is 5.75 Å². The summed E-state index contributed by atoms with van der Waals surface area (Å²) in [6.45, 7) is -3.34. The van der Waals surface area contributed by atoms with Crippen molar-refractivity contribution in [1.29, 1.82) is 5.26 Å². The molecule has 152 valence electrons. The molecule has 0 heterocycles. The minimum absolute atomic E-state index is 0.0153. The van der Waals surface area contributed by atoms with E-state index in [9.17, 15) is 13.6 Å². The van der Waals surface area contributed by atoms with Gasteiger partial charge in [0.05, 0.1) is 32.1 Å². The van der Waals surface area contributed by atoms with Crippen LogP contribution in [0.3, 0.4) is 0 Å². The van der Waals surface area contributed by atoms with Crippen LogP contribution in [0.2, 0.25) is 0 Å². The molecule has 0 aromatic heterocycles. The van der Waals surface area contributed by atoms with Gasteiger partial charge >= 0.3 is 6.61 Å². The molecule has 0 radical (unpaired) electrons. The molecule has 0 bridgehead atoms. The molecule has 0 aliphatic carbocycles. The molecule has 0 saturated carbocycles. The lowest BCUT2D eigenvalue weighted by molar-refractivity contribution is -0.123. The number of hydrogen-bond donors (Lipinski definition) is 1. The molecule has 2 aromatic carbocycles. The summed E-state index contributed by atoms with van der Waals surface area (Å²) in [6, 6.07) is 11.0. The fourth-order valence-corrected chi connectivity index (χ4v) is 2.17. The Balaban J connectivity index is 1.97. The van der Waals surface area contributed by atoms with Crippen molar-refractivity contribution in [2.24, 2.45) is 5.10 Å². The third-order valence-corrected chi connectivity index (χ3v) is 3.45. The van der Waals surface area contributed by atoms with Crippen molar-refractivity contribution < 1.29 is 32.5 Å². The van der Waals surface area contributed by atoms with E-state index in [1.54, 1.807) is 24.3 Å². The number of hydrazone groups is 1. The van der Waals surface area contributed by atoms with Crippen LogP contribution >= 0.6 is 0 Å². The van der Waals surface area contributed by atoms with Crippen LogP contribution in [0.4, 0.5) is 8.78 Å². The lowest BCUT2D eigenvalue weighted by atomic mass is 10.2. The highest BCUT2D eigenvalue weighted by atomic mass is 19.3. The van der Waals surface area contributed by atoms with Crippen molar-refractivity contribution in [3.8, 4) is 29.1 Å². The molecule has 0 fully saturated rings. The molecule has 0 aliphatic heterocycles. The minimum atomic E-state index is -3.05. The third kappa shape index (κ3) is 6.35. The number of ether oxygens (including phenoxy) is 4. The molecule has 0 spiro atoms. The van der Waals surface area contributed by atoms with Gasteiger partial charge in [-0.1, -0.05) is 0 Å². The van der Waals surface area contributed by atoms with E-state index in [1.165, 1.54) is 32.6 Å². The van der Waals surface area contributed by atoms with Gasteiger partial charge < -0.3 is 18.9 Å². The van der Waals surface area contributed by atoms with Crippen LogP contribution in [0.1, 0.15) is 11.1 Å². The number of halogens is 2. The monoisotopic (exact) mass is 405 g/mol. The number of amides is 1. The maximum atomic E-state index is 12.5. The molecular formula is C19H17F2N3O5. The van der Waals surface area contributed by atoms with Crippen LogP contribution in [-0.4, -0.2) is 39.6 Å². The standard InChI is InChI=1S/C19H17F2N3O5/c1-26-15-7-13(8-16(27-2)18(15)29-19(20)21)10-23-24-17(25)11-28-14-5-3-12(9-22)4-6-14/h3-8,10,19H,11H2,1-2H3,(H,24,25)/b23-10-. The molecule has 2 rings (SSSR count). The van der Waals surface area contributed by atoms with E-state index >= 15 is 0 Å². The highest BCUT2D eigenvalue weighted by Gasteiger charge is 2.17. The number of carbonyl (C=O) groups is 1. The van der Waals surface area contributed by atoms with Crippen molar-refractivity contribution in [3.05, 3.63) is 47.5 Å². The van der Waals surface area contributed by atoms with E-state index in [0.717, 1.165) is 0 Å². The lowest BCUT2D eigenvalue weighted by Gasteiger charge is -2.14. The number of alkyl halides is 2. The number of hydrogen-bond acceptors (Lipinski definition) is 7. The molecule has 1 N–H and O–H groups in total. The molecule has 0 unspecified atom stereocenters. The topological polar surface area (TPSA) is 102 Å². The van der Waals surface area contributed by atoms with Gasteiger partial charge in [-0.3, -0.25) is 4.79 Å². The number of carbonyl (C=O) groups excluding carboxylic acids is 1. The van der Waals surface area contributed by atoms with Gasteiger partial charge in [0, 0.05) is 5.56 Å². The number of nitrogens with one attached hydrogen (secondary N) is 1. The van der Waals surface area contributed by atoms with Gasteiger partial charge in [0.1, 0.15) is 5.75 Å². The smallest absolute Gasteiger partial charge is 0.387 e. The zero-order chi connectivity index (χ0) is 21.2. The van der Waals surface area contributed by atoms with Crippen molar-refractivity contribution >= 4 is 12.1 Å². The maximum Gasteiger partial charge on any atom is 0.387 e. The van der Waals surface area contributed by atoms with E-state index in [1.807, 2.05) is 6.07 Å². The number of nitriles is 1. The number of methoxy groups -OCH3 is 2. The highest BCUT2D eigenvalue weighted by molar-refractivity contribution is 5.84. The SMILES string of the molecule is COc1cc(/C=N\NC(=O)COc2ccc(C#N)cc2)cc(OC)c1OC(F)F. The summed E-state index contributed by atoms with van der Waals surface area (Å²) in [4.78, 5) is 11.8. The van der Waals surface area contributed by atoms with Gasteiger partial charge in [-0.05, 0) is 36.4 Å². The predicted molar refractivity (Wildman–Crippen MR) is 98.6 cm³/mol. The average Bonchev–Trinajstić information content (AvgIpc) is 2.72. The lowest BCUT2D eigenvalue weighted by Crippen LogP contribution is -2.24. The number of nitrogens with zero attached hydrogens (tertiary/aromatic N) is 2. The van der Waals surface area contributed by atoms with Crippen LogP contribution in [0.5, 0.6) is 23.0 Å². The molecule has 2 aromatic rings. The Labute approximate surface area is 165 Å². The fourth-order valence-electron chi connectivity index (χ4n) is 2.17. The number of rotatable bonds is 9. The van der Waals surface area contributed by atoms with Crippen molar-refractivity contribution in [1.82, 2.24) is 5.43 Å². The Morgan fingerprint density at radius 2 is 1.83 bits per heavy atom. The first-order valence-corrected chi connectivity index (χ1v) is 8.12. The minimum Gasteiger partial charge on any atom is -0.493 e. The third-order valence-electron chi connectivity index (χ3n) is 3.45. The fraction of sp³-hybridized carbons (Fsp3) is 0.211. The average molecular weight is 405 g/mol. The second-order valence-electron chi connectivity index (χ2n) is 5.35. The predicted octanol–water partition coefficient (Wildman–Crippen LogP) is 2.71. The van der Waals surface area contributed by atoms with Crippen LogP contribution < -0.4 is 24.4 Å². The Morgan fingerprint density at radius 1 is 1.21 bits per heavy atom. The maximum absolute atomic E-state index is 12.5. The summed E-state index contributed by atoms with van der Waals surface area (Å²) in [7, 11) is 2.58. The molecule has 10 heteroatoms. The second-order valence-corrected chi connectivity index (χ2v) is 5.35. The molecular weight excluding hydrogens is 388 g/mol. The van der Waals surface area contributed by atoms with E-state index in [2.05, 4.69) is 15.3 Å². The Bertz CT molecular complexity index is 886. The first kappa shape index (κ1) is 21.4. The first-order valence-electron chi connectivity index (χ1n) is 8.12. The largest absolute Gasteiger partial charge is 0.493 e. The second kappa shape index (κ2) is 10.5. The van der Waals surface area contributed by atoms with Gasteiger partial charge in [0.15, 0.2) is 18.1 Å². The summed E-state index contributed by atoms with van der Waals surface area (Å²) in [5, 5.41) is 12.5. The van der Waals surface area contributed by atoms with Gasteiger partial charge in [-0.25, -0.2) is 5.43 Å². The molecule has 0 saturated heterocycles. The van der Waals surface area contributed by atoms with Crippen LogP contribution in [0.25, 0.3) is 0 Å². The molecule has 0 atom stereocenters. The Morgan fingerprint density at radius 3 is 2.34 bits per heavy atom. The van der Waals surface area contributed by atoms with Gasteiger partial charge in [0.25, 0.3) is 5.91 Å². The van der Waals surface area contributed by atoms with Crippen molar-refractivity contribution in [3.63, 3.8) is 0 Å². The highest BCUT2D eigenvalue weighted by Crippen LogP contribution is 2.39. The van der Waals surface area contributed by atoms with E-state index in [0.29, 0.717) is 16.9 Å². The molecule has 1 amide bonds. The molecule has 29 heavy (non-hydrogen) atoms. The van der Waals surface area contributed by atoms with E-state index in [-0.39, 0.29) is 23.9 Å². The molecule has 8 nitrogen and oxygen atoms in total. The van der Waals surface area contributed by atoms with Gasteiger partial charge in [-0.15, -0.1) is 0 Å². The zero-order valence-corrected chi connectivity index (χ0v) is 15.5. The van der Waals surface area contributed by atoms with Crippen molar-refractivity contribution in [2.45, 2.75) is 6.61 Å². The van der Waals surface area contributed by atoms with Crippen molar-refractivity contribution in [2.75, 3.05) is 20.8 Å². The van der Waals surface area contributed by atoms with Crippen LogP contribution in [-0.2, 0) is 4.79 Å². The van der Waals surface area contributed by atoms with Crippen LogP contribution in [0.15, 0.2) is 41.5 Å². The quantitative estimate of drug-likeness (QED) is 0.508. The number of benzene rings is 2. The normalized spacial score (nSPS) is 10.5. The van der Waals surface area contributed by atoms with E-state index < -0.39 is 12.5 Å². The summed E-state index contributed by atoms with van der Waals surface area (Å²) in [5.74, 6) is -0.320. The zero-order valence-electron chi connectivity index (χ0n) is 15.5. The summed E-state index contributed by atoms with van der Waals surface area (Å²) in [5.41, 5.74) is 3.15.